The van der Waals surface area contributed by atoms with Crippen LogP contribution in [0.4, 0.5) is 34.1 Å². The van der Waals surface area contributed by atoms with Crippen LogP contribution in [0.1, 0.15) is 118 Å². The normalized spacial score (nSPS) is 17.7. The van der Waals surface area contributed by atoms with Crippen molar-refractivity contribution in [1.29, 1.82) is 0 Å². The van der Waals surface area contributed by atoms with Crippen LogP contribution in [-0.2, 0) is 5.41 Å². The van der Waals surface area contributed by atoms with Crippen molar-refractivity contribution < 1.29 is 4.42 Å². The van der Waals surface area contributed by atoms with E-state index >= 15 is 0 Å². The minimum absolute atomic E-state index is 0.0402. The molecule has 2 unspecified atom stereocenters. The van der Waals surface area contributed by atoms with E-state index in [9.17, 15) is 0 Å². The first kappa shape index (κ1) is 33.2. The third kappa shape index (κ3) is 4.86. The van der Waals surface area contributed by atoms with E-state index in [1.807, 2.05) is 0 Å². The van der Waals surface area contributed by atoms with Crippen LogP contribution in [-0.4, -0.2) is 6.71 Å². The predicted octanol–water partition coefficient (Wildman–Crippen LogP) is 11.9. The second-order valence-corrected chi connectivity index (χ2v) is 17.5. The second-order valence-electron chi connectivity index (χ2n) is 17.5. The molecule has 0 spiro atoms. The highest BCUT2D eigenvalue weighted by Crippen LogP contribution is 2.50. The van der Waals surface area contributed by atoms with Gasteiger partial charge in [-0.2, -0.15) is 0 Å². The molecule has 4 heteroatoms. The number of anilines is 6. The van der Waals surface area contributed by atoms with Crippen molar-refractivity contribution in [2.24, 2.45) is 0 Å². The Balaban J connectivity index is 1.39. The highest BCUT2D eigenvalue weighted by molar-refractivity contribution is 7.00. The molecule has 0 radical (unpaired) electrons. The fourth-order valence-electron chi connectivity index (χ4n) is 9.69. The molecule has 0 amide bonds. The monoisotopic (exact) mass is 682 g/mol. The van der Waals surface area contributed by atoms with E-state index in [4.69, 9.17) is 4.42 Å². The molecule has 0 saturated carbocycles. The van der Waals surface area contributed by atoms with Crippen molar-refractivity contribution in [3.63, 3.8) is 0 Å². The Morgan fingerprint density at radius 1 is 0.712 bits per heavy atom. The molecule has 9 rings (SSSR count). The molecule has 0 N–H and O–H groups in total. The number of aryl methyl sites for hydroxylation is 3. The Kier molecular flexibility index (Phi) is 7.43. The lowest BCUT2D eigenvalue weighted by Gasteiger charge is -2.43. The number of fused-ring (bicyclic) bond motifs is 7. The molecule has 1 aliphatic carbocycles. The summed E-state index contributed by atoms with van der Waals surface area (Å²) in [5, 5.41) is 1.23. The molecule has 2 atom stereocenters. The largest absolute Gasteiger partial charge is 0.468 e. The lowest BCUT2D eigenvalue weighted by Crippen LogP contribution is -2.61. The summed E-state index contributed by atoms with van der Waals surface area (Å²) in [4.78, 5) is 5.08. The molecular formula is C48H51BN2O. The Hall–Kier alpha value is -4.70. The Morgan fingerprint density at radius 2 is 1.35 bits per heavy atom. The maximum absolute atomic E-state index is 7.34. The molecular weight excluding hydrogens is 631 g/mol. The lowest BCUT2D eigenvalue weighted by atomic mass is 9.35. The fraction of sp³-hybridized carbons (Fsp3) is 0.333. The van der Waals surface area contributed by atoms with E-state index in [1.54, 1.807) is 0 Å². The van der Waals surface area contributed by atoms with Crippen molar-refractivity contribution >= 4 is 68.4 Å². The van der Waals surface area contributed by atoms with Gasteiger partial charge in [0, 0.05) is 28.1 Å². The lowest BCUT2D eigenvalue weighted by molar-refractivity contribution is 0.527. The third-order valence-corrected chi connectivity index (χ3v) is 12.4. The molecule has 5 aromatic carbocycles. The molecule has 52 heavy (non-hydrogen) atoms. The summed E-state index contributed by atoms with van der Waals surface area (Å²) in [6, 6.07) is 33.0. The minimum atomic E-state index is -0.0402. The van der Waals surface area contributed by atoms with Gasteiger partial charge in [0.2, 0.25) is 0 Å². The maximum Gasteiger partial charge on any atom is 0.297 e. The molecule has 1 aromatic heterocycles. The number of rotatable bonds is 3. The summed E-state index contributed by atoms with van der Waals surface area (Å²) in [6.07, 6.45) is 2.45. The highest BCUT2D eigenvalue weighted by atomic mass is 16.3. The summed E-state index contributed by atoms with van der Waals surface area (Å²) < 4.78 is 7.34. The van der Waals surface area contributed by atoms with Gasteiger partial charge in [0.1, 0.15) is 5.58 Å². The van der Waals surface area contributed by atoms with Crippen molar-refractivity contribution in [3.05, 3.63) is 124 Å². The van der Waals surface area contributed by atoms with E-state index in [-0.39, 0.29) is 12.1 Å². The van der Waals surface area contributed by atoms with E-state index in [2.05, 4.69) is 164 Å². The van der Waals surface area contributed by atoms with Crippen LogP contribution in [0.3, 0.4) is 0 Å². The summed E-state index contributed by atoms with van der Waals surface area (Å²) in [5.41, 5.74) is 21.6. The smallest absolute Gasteiger partial charge is 0.297 e. The first-order valence-corrected chi connectivity index (χ1v) is 19.5. The minimum Gasteiger partial charge on any atom is -0.468 e. The molecule has 3 nitrogen and oxygen atoms in total. The maximum atomic E-state index is 7.34. The van der Waals surface area contributed by atoms with Gasteiger partial charge in [-0.05, 0) is 144 Å². The van der Waals surface area contributed by atoms with Crippen molar-refractivity contribution in [3.8, 4) is 0 Å². The Labute approximate surface area is 310 Å². The molecule has 0 saturated heterocycles. The summed E-state index contributed by atoms with van der Waals surface area (Å²) >= 11 is 0. The number of nitrogens with zero attached hydrogens (tertiary/aromatic N) is 2. The molecule has 262 valence electrons. The van der Waals surface area contributed by atoms with E-state index in [1.165, 1.54) is 102 Å². The van der Waals surface area contributed by atoms with Crippen LogP contribution in [0.2, 0.25) is 0 Å². The van der Waals surface area contributed by atoms with Crippen LogP contribution in [0, 0.1) is 20.8 Å². The molecule has 3 aliphatic rings. The zero-order chi connectivity index (χ0) is 36.4. The molecule has 0 fully saturated rings. The summed E-state index contributed by atoms with van der Waals surface area (Å²) in [5.74, 6) is 1.47. The van der Waals surface area contributed by atoms with Gasteiger partial charge in [0.05, 0.1) is 17.0 Å². The molecule has 2 aliphatic heterocycles. The van der Waals surface area contributed by atoms with Crippen LogP contribution in [0.5, 0.6) is 0 Å². The van der Waals surface area contributed by atoms with E-state index in [0.29, 0.717) is 17.8 Å². The van der Waals surface area contributed by atoms with Crippen molar-refractivity contribution in [2.45, 2.75) is 105 Å². The van der Waals surface area contributed by atoms with E-state index < -0.39 is 0 Å². The Morgan fingerprint density at radius 3 is 1.98 bits per heavy atom. The van der Waals surface area contributed by atoms with Crippen LogP contribution >= 0.6 is 0 Å². The predicted molar refractivity (Wildman–Crippen MR) is 223 cm³/mol. The zero-order valence-corrected chi connectivity index (χ0v) is 32.6. The van der Waals surface area contributed by atoms with Gasteiger partial charge in [-0.3, -0.25) is 0 Å². The first-order chi connectivity index (χ1) is 24.8. The van der Waals surface area contributed by atoms with Gasteiger partial charge >= 0.3 is 0 Å². The molecule has 0 bridgehead atoms. The third-order valence-electron chi connectivity index (χ3n) is 12.4. The Bertz CT molecular complexity index is 2390. The van der Waals surface area contributed by atoms with Crippen LogP contribution in [0.25, 0.3) is 11.0 Å². The highest BCUT2D eigenvalue weighted by Gasteiger charge is 2.47. The second kappa shape index (κ2) is 11.7. The molecule has 3 heterocycles. The average Bonchev–Trinajstić information content (AvgIpc) is 3.47. The topological polar surface area (TPSA) is 19.6 Å². The summed E-state index contributed by atoms with van der Waals surface area (Å²) in [6.45, 7) is 23.0. The fourth-order valence-corrected chi connectivity index (χ4v) is 9.69. The SMILES string of the molecule is Cc1cc(C)c(N2c3cccc4c3B(c3cc(C(C)C)ccc3N4c3ccc(C(C)(C)C)cc3)c3oc4cc5c(cc4c32)C(C)CCC5C)c(C)c1. The van der Waals surface area contributed by atoms with Gasteiger partial charge < -0.3 is 14.2 Å². The van der Waals surface area contributed by atoms with Gasteiger partial charge in [-0.15, -0.1) is 0 Å². The number of furan rings is 1. The van der Waals surface area contributed by atoms with Gasteiger partial charge in [0.25, 0.3) is 6.71 Å². The van der Waals surface area contributed by atoms with Crippen LogP contribution < -0.4 is 26.4 Å². The number of hydrogen-bond acceptors (Lipinski definition) is 3. The first-order valence-electron chi connectivity index (χ1n) is 19.5. The quantitative estimate of drug-likeness (QED) is 0.173. The average molecular weight is 683 g/mol. The number of benzene rings is 5. The zero-order valence-electron chi connectivity index (χ0n) is 32.6. The van der Waals surface area contributed by atoms with Crippen molar-refractivity contribution in [1.82, 2.24) is 0 Å². The van der Waals surface area contributed by atoms with Gasteiger partial charge in [-0.1, -0.05) is 96.5 Å². The van der Waals surface area contributed by atoms with Crippen molar-refractivity contribution in [2.75, 3.05) is 9.80 Å². The van der Waals surface area contributed by atoms with Crippen LogP contribution in [0.15, 0.2) is 89.3 Å². The van der Waals surface area contributed by atoms with Gasteiger partial charge in [0.15, 0.2) is 0 Å². The molecule has 6 aromatic rings. The number of hydrogen-bond donors (Lipinski definition) is 0. The van der Waals surface area contributed by atoms with E-state index in [0.717, 1.165) is 11.2 Å². The van der Waals surface area contributed by atoms with Gasteiger partial charge in [-0.25, -0.2) is 0 Å². The standard InChI is InChI=1S/C48H51BN2O/c1-27(2)33-16-21-40-39(24-33)49-44-41(50(40)35-19-17-34(18-20-35)48(8,9)10)12-11-13-42(44)51(45-31(6)22-28(3)23-32(45)7)46-38-25-36-29(4)14-15-30(5)37(36)26-43(38)52-47(46)49/h11-13,16-27,29-30H,14-15H2,1-10H3. The summed E-state index contributed by atoms with van der Waals surface area (Å²) in [7, 11) is 0.